The van der Waals surface area contributed by atoms with Crippen LogP contribution in [0.25, 0.3) is 11.0 Å². The summed E-state index contributed by atoms with van der Waals surface area (Å²) in [6.07, 6.45) is 4.64. The van der Waals surface area contributed by atoms with Crippen LogP contribution in [-0.4, -0.2) is 20.2 Å². The molecule has 3 aromatic rings. The van der Waals surface area contributed by atoms with Crippen molar-refractivity contribution in [3.63, 3.8) is 0 Å². The van der Waals surface area contributed by atoms with Gasteiger partial charge in [0.15, 0.2) is 0 Å². The maximum Gasteiger partial charge on any atom is 0.337 e. The standard InChI is InChI=1S/C15H14N4O2S/c20-14-9-13(11-7-3-4-8-12(11)21-14)22-15-16-17-18-19(15)10-5-1-2-6-10/h3-4,7-10H,1-2,5-6H2. The third kappa shape index (κ3) is 2.41. The monoisotopic (exact) mass is 314 g/mol. The Morgan fingerprint density at radius 2 is 2.05 bits per heavy atom. The molecule has 0 aliphatic heterocycles. The molecule has 0 bridgehead atoms. The number of tetrazole rings is 1. The first-order chi connectivity index (χ1) is 10.8. The second-order valence-corrected chi connectivity index (χ2v) is 6.38. The fourth-order valence-corrected chi connectivity index (χ4v) is 3.88. The Bertz CT molecular complexity index is 867. The largest absolute Gasteiger partial charge is 0.423 e. The predicted octanol–water partition coefficient (Wildman–Crippen LogP) is 3.05. The minimum Gasteiger partial charge on any atom is -0.423 e. The van der Waals surface area contributed by atoms with Crippen molar-refractivity contribution in [3.05, 3.63) is 40.8 Å². The molecule has 4 rings (SSSR count). The van der Waals surface area contributed by atoms with Gasteiger partial charge in [0.25, 0.3) is 0 Å². The predicted molar refractivity (Wildman–Crippen MR) is 81.9 cm³/mol. The van der Waals surface area contributed by atoms with Gasteiger partial charge in [0.2, 0.25) is 5.16 Å². The molecule has 0 atom stereocenters. The molecule has 7 heteroatoms. The lowest BCUT2D eigenvalue weighted by Gasteiger charge is -2.11. The average Bonchev–Trinajstić information content (AvgIpc) is 3.17. The van der Waals surface area contributed by atoms with E-state index in [1.165, 1.54) is 30.7 Å². The SMILES string of the molecule is O=c1cc(Sc2nnnn2C2CCCC2)c2ccccc2o1. The fraction of sp³-hybridized carbons (Fsp3) is 0.333. The summed E-state index contributed by atoms with van der Waals surface area (Å²) in [6.45, 7) is 0. The van der Waals surface area contributed by atoms with Crippen LogP contribution in [0.2, 0.25) is 0 Å². The van der Waals surface area contributed by atoms with Crippen LogP contribution < -0.4 is 5.63 Å². The summed E-state index contributed by atoms with van der Waals surface area (Å²) in [6, 6.07) is 9.37. The van der Waals surface area contributed by atoms with Crippen molar-refractivity contribution in [1.82, 2.24) is 20.2 Å². The molecule has 1 fully saturated rings. The molecule has 0 amide bonds. The normalized spacial score (nSPS) is 15.6. The fourth-order valence-electron chi connectivity index (χ4n) is 2.90. The maximum absolute atomic E-state index is 11.7. The molecular weight excluding hydrogens is 300 g/mol. The van der Waals surface area contributed by atoms with Gasteiger partial charge in [-0.25, -0.2) is 9.48 Å². The second-order valence-electron chi connectivity index (χ2n) is 5.37. The third-order valence-corrected chi connectivity index (χ3v) is 4.96. The van der Waals surface area contributed by atoms with Crippen LogP contribution >= 0.6 is 11.8 Å². The molecular formula is C15H14N4O2S. The van der Waals surface area contributed by atoms with Gasteiger partial charge in [-0.05, 0) is 41.1 Å². The molecule has 0 N–H and O–H groups in total. The van der Waals surface area contributed by atoms with Crippen molar-refractivity contribution in [2.45, 2.75) is 41.8 Å². The molecule has 112 valence electrons. The zero-order valence-electron chi connectivity index (χ0n) is 11.8. The van der Waals surface area contributed by atoms with E-state index in [1.54, 1.807) is 6.07 Å². The van der Waals surface area contributed by atoms with Crippen molar-refractivity contribution in [2.24, 2.45) is 0 Å². The molecule has 1 aliphatic carbocycles. The van der Waals surface area contributed by atoms with Crippen LogP contribution in [0.15, 0.2) is 49.6 Å². The number of hydrogen-bond donors (Lipinski definition) is 0. The molecule has 0 saturated heterocycles. The van der Waals surface area contributed by atoms with Gasteiger partial charge in [0, 0.05) is 16.3 Å². The van der Waals surface area contributed by atoms with Crippen molar-refractivity contribution in [1.29, 1.82) is 0 Å². The van der Waals surface area contributed by atoms with E-state index in [9.17, 15) is 4.79 Å². The highest BCUT2D eigenvalue weighted by molar-refractivity contribution is 7.99. The number of aromatic nitrogens is 4. The van der Waals surface area contributed by atoms with Gasteiger partial charge in [0.1, 0.15) is 5.58 Å². The lowest BCUT2D eigenvalue weighted by molar-refractivity contribution is 0.423. The smallest absolute Gasteiger partial charge is 0.337 e. The Kier molecular flexibility index (Phi) is 3.42. The van der Waals surface area contributed by atoms with E-state index in [4.69, 9.17) is 4.42 Å². The first kappa shape index (κ1) is 13.5. The third-order valence-electron chi connectivity index (χ3n) is 3.95. The van der Waals surface area contributed by atoms with Crippen LogP contribution in [0.5, 0.6) is 0 Å². The molecule has 22 heavy (non-hydrogen) atoms. The quantitative estimate of drug-likeness (QED) is 0.692. The Morgan fingerprint density at radius 3 is 2.91 bits per heavy atom. The first-order valence-electron chi connectivity index (χ1n) is 7.30. The summed E-state index contributed by atoms with van der Waals surface area (Å²) in [7, 11) is 0. The van der Waals surface area contributed by atoms with Crippen molar-refractivity contribution in [2.75, 3.05) is 0 Å². The van der Waals surface area contributed by atoms with Gasteiger partial charge in [-0.3, -0.25) is 0 Å². The van der Waals surface area contributed by atoms with E-state index in [-0.39, 0.29) is 5.63 Å². The molecule has 1 aromatic carbocycles. The highest BCUT2D eigenvalue weighted by atomic mass is 32.2. The Morgan fingerprint density at radius 1 is 1.23 bits per heavy atom. The van der Waals surface area contributed by atoms with E-state index in [1.807, 2.05) is 22.9 Å². The first-order valence-corrected chi connectivity index (χ1v) is 8.11. The molecule has 1 aliphatic rings. The van der Waals surface area contributed by atoms with Crippen molar-refractivity contribution < 1.29 is 4.42 Å². The van der Waals surface area contributed by atoms with Gasteiger partial charge in [-0.15, -0.1) is 5.10 Å². The summed E-state index contributed by atoms with van der Waals surface area (Å²) in [4.78, 5) is 12.6. The number of nitrogens with zero attached hydrogens (tertiary/aromatic N) is 4. The van der Waals surface area contributed by atoms with Crippen molar-refractivity contribution >= 4 is 22.7 Å². The number of benzene rings is 1. The second kappa shape index (κ2) is 5.57. The molecule has 0 spiro atoms. The summed E-state index contributed by atoms with van der Waals surface area (Å²) in [5, 5.41) is 13.7. The minimum atomic E-state index is -0.360. The summed E-state index contributed by atoms with van der Waals surface area (Å²) in [5.41, 5.74) is 0.221. The molecule has 2 aromatic heterocycles. The van der Waals surface area contributed by atoms with Crippen LogP contribution in [0.3, 0.4) is 0 Å². The average molecular weight is 314 g/mol. The number of fused-ring (bicyclic) bond motifs is 1. The lowest BCUT2D eigenvalue weighted by atomic mass is 10.2. The van der Waals surface area contributed by atoms with Gasteiger partial charge in [-0.1, -0.05) is 31.0 Å². The summed E-state index contributed by atoms with van der Waals surface area (Å²) in [5.74, 6) is 0. The molecule has 0 unspecified atom stereocenters. The summed E-state index contributed by atoms with van der Waals surface area (Å²) < 4.78 is 7.11. The molecule has 6 nitrogen and oxygen atoms in total. The maximum atomic E-state index is 11.7. The van der Waals surface area contributed by atoms with Gasteiger partial charge >= 0.3 is 5.63 Å². The highest BCUT2D eigenvalue weighted by Crippen LogP contribution is 2.35. The molecule has 0 radical (unpaired) electrons. The zero-order chi connectivity index (χ0) is 14.9. The lowest BCUT2D eigenvalue weighted by Crippen LogP contribution is -2.08. The van der Waals surface area contributed by atoms with Gasteiger partial charge in [-0.2, -0.15) is 0 Å². The Labute approximate surface area is 130 Å². The topological polar surface area (TPSA) is 73.8 Å². The van der Waals surface area contributed by atoms with Crippen LogP contribution in [0.4, 0.5) is 0 Å². The van der Waals surface area contributed by atoms with Crippen molar-refractivity contribution in [3.8, 4) is 0 Å². The number of hydrogen-bond acceptors (Lipinski definition) is 6. The minimum absolute atomic E-state index is 0.360. The van der Waals surface area contributed by atoms with E-state index in [2.05, 4.69) is 15.5 Å². The van der Waals surface area contributed by atoms with E-state index in [0.717, 1.165) is 28.3 Å². The van der Waals surface area contributed by atoms with E-state index >= 15 is 0 Å². The summed E-state index contributed by atoms with van der Waals surface area (Å²) >= 11 is 1.42. The number of rotatable bonds is 3. The van der Waals surface area contributed by atoms with Crippen LogP contribution in [0.1, 0.15) is 31.7 Å². The number of para-hydroxylation sites is 1. The Hall–Kier alpha value is -2.15. The molecule has 2 heterocycles. The zero-order valence-corrected chi connectivity index (χ0v) is 12.6. The van der Waals surface area contributed by atoms with E-state index in [0.29, 0.717) is 11.6 Å². The molecule has 1 saturated carbocycles. The van der Waals surface area contributed by atoms with Gasteiger partial charge in [0.05, 0.1) is 6.04 Å². The van der Waals surface area contributed by atoms with Crippen LogP contribution in [-0.2, 0) is 0 Å². The highest BCUT2D eigenvalue weighted by Gasteiger charge is 2.22. The van der Waals surface area contributed by atoms with Gasteiger partial charge < -0.3 is 4.42 Å². The Balaban J connectivity index is 1.75. The van der Waals surface area contributed by atoms with E-state index < -0.39 is 0 Å². The van der Waals surface area contributed by atoms with Crippen LogP contribution in [0, 0.1) is 0 Å².